The molecule has 0 bridgehead atoms. The van der Waals surface area contributed by atoms with Crippen molar-refractivity contribution in [1.82, 2.24) is 15.0 Å². The first kappa shape index (κ1) is 14.0. The zero-order valence-electron chi connectivity index (χ0n) is 12.5. The van der Waals surface area contributed by atoms with Crippen molar-refractivity contribution in [2.45, 2.75) is 6.92 Å². The minimum absolute atomic E-state index is 0.448. The lowest BCUT2D eigenvalue weighted by molar-refractivity contribution is 1.17. The van der Waals surface area contributed by atoms with E-state index in [4.69, 9.17) is 5.73 Å². The highest BCUT2D eigenvalue weighted by molar-refractivity contribution is 5.75. The summed E-state index contributed by atoms with van der Waals surface area (Å²) in [5, 5.41) is 3.16. The third-order valence-corrected chi connectivity index (χ3v) is 3.56. The summed E-state index contributed by atoms with van der Waals surface area (Å²) >= 11 is 0. The fourth-order valence-electron chi connectivity index (χ4n) is 2.35. The highest BCUT2D eigenvalue weighted by atomic mass is 14.9. The molecule has 0 aliphatic heterocycles. The molecule has 1 aromatic carbocycles. The number of hydrogen-bond acceptors (Lipinski definition) is 5. The molecule has 3 rings (SSSR count). The van der Waals surface area contributed by atoms with Crippen molar-refractivity contribution in [3.8, 4) is 22.4 Å². The van der Waals surface area contributed by atoms with Crippen molar-refractivity contribution < 1.29 is 0 Å². The number of nitrogens with zero attached hydrogens (tertiary/aromatic N) is 3. The molecule has 0 saturated carbocycles. The van der Waals surface area contributed by atoms with Gasteiger partial charge in [0.25, 0.3) is 0 Å². The molecule has 22 heavy (non-hydrogen) atoms. The second kappa shape index (κ2) is 5.81. The van der Waals surface area contributed by atoms with Gasteiger partial charge in [0.1, 0.15) is 12.1 Å². The minimum Gasteiger partial charge on any atom is -0.388 e. The molecule has 5 heteroatoms. The SMILES string of the molecule is CNc1ccc(C)c(-c2cncc(-c3cc(N)ncn3)c2)c1. The Kier molecular flexibility index (Phi) is 3.70. The number of pyridine rings is 1. The highest BCUT2D eigenvalue weighted by Gasteiger charge is 2.07. The van der Waals surface area contributed by atoms with Crippen LogP contribution in [0, 0.1) is 6.92 Å². The van der Waals surface area contributed by atoms with Crippen LogP contribution in [0.3, 0.4) is 0 Å². The molecule has 5 nitrogen and oxygen atoms in total. The average Bonchev–Trinajstić information content (AvgIpc) is 2.55. The maximum absolute atomic E-state index is 5.73. The molecule has 0 unspecified atom stereocenters. The monoisotopic (exact) mass is 291 g/mol. The number of nitrogen functional groups attached to an aromatic ring is 1. The van der Waals surface area contributed by atoms with Crippen LogP contribution in [0.2, 0.25) is 0 Å². The molecule has 0 fully saturated rings. The van der Waals surface area contributed by atoms with Gasteiger partial charge in [-0.2, -0.15) is 0 Å². The van der Waals surface area contributed by atoms with Crippen molar-refractivity contribution in [1.29, 1.82) is 0 Å². The van der Waals surface area contributed by atoms with E-state index >= 15 is 0 Å². The zero-order valence-corrected chi connectivity index (χ0v) is 12.5. The van der Waals surface area contributed by atoms with Gasteiger partial charge in [0.05, 0.1) is 5.69 Å². The van der Waals surface area contributed by atoms with Crippen LogP contribution in [-0.2, 0) is 0 Å². The van der Waals surface area contributed by atoms with Gasteiger partial charge in [-0.3, -0.25) is 4.98 Å². The van der Waals surface area contributed by atoms with Gasteiger partial charge in [-0.15, -0.1) is 0 Å². The summed E-state index contributed by atoms with van der Waals surface area (Å²) in [6.45, 7) is 2.09. The molecular weight excluding hydrogens is 274 g/mol. The van der Waals surface area contributed by atoms with E-state index in [0.29, 0.717) is 5.82 Å². The van der Waals surface area contributed by atoms with Crippen LogP contribution in [-0.4, -0.2) is 22.0 Å². The highest BCUT2D eigenvalue weighted by Crippen LogP contribution is 2.29. The van der Waals surface area contributed by atoms with Crippen molar-refractivity contribution in [3.63, 3.8) is 0 Å². The van der Waals surface area contributed by atoms with E-state index in [-0.39, 0.29) is 0 Å². The van der Waals surface area contributed by atoms with Crippen molar-refractivity contribution in [3.05, 3.63) is 54.6 Å². The van der Waals surface area contributed by atoms with Gasteiger partial charge in [-0.05, 0) is 36.2 Å². The maximum atomic E-state index is 5.73. The van der Waals surface area contributed by atoms with Crippen LogP contribution in [0.15, 0.2) is 49.1 Å². The minimum atomic E-state index is 0.448. The van der Waals surface area contributed by atoms with E-state index < -0.39 is 0 Å². The molecule has 0 amide bonds. The number of anilines is 2. The molecule has 2 aromatic heterocycles. The van der Waals surface area contributed by atoms with Crippen LogP contribution < -0.4 is 11.1 Å². The average molecular weight is 291 g/mol. The van der Waals surface area contributed by atoms with Crippen molar-refractivity contribution in [2.75, 3.05) is 18.1 Å². The van der Waals surface area contributed by atoms with Gasteiger partial charge < -0.3 is 11.1 Å². The molecule has 0 spiro atoms. The number of benzene rings is 1. The summed E-state index contributed by atoms with van der Waals surface area (Å²) < 4.78 is 0. The Balaban J connectivity index is 2.08. The third-order valence-electron chi connectivity index (χ3n) is 3.56. The summed E-state index contributed by atoms with van der Waals surface area (Å²) in [6, 6.07) is 10.1. The Morgan fingerprint density at radius 2 is 1.82 bits per heavy atom. The number of hydrogen-bond donors (Lipinski definition) is 2. The number of aromatic nitrogens is 3. The maximum Gasteiger partial charge on any atom is 0.127 e. The molecule has 0 aliphatic carbocycles. The van der Waals surface area contributed by atoms with Crippen LogP contribution in [0.25, 0.3) is 22.4 Å². The molecule has 3 N–H and O–H groups in total. The molecule has 0 saturated heterocycles. The Hall–Kier alpha value is -2.95. The van der Waals surface area contributed by atoms with Crippen LogP contribution in [0.5, 0.6) is 0 Å². The van der Waals surface area contributed by atoms with Crippen LogP contribution in [0.1, 0.15) is 5.56 Å². The lowest BCUT2D eigenvalue weighted by Crippen LogP contribution is -1.94. The van der Waals surface area contributed by atoms with Gasteiger partial charge in [-0.1, -0.05) is 6.07 Å². The Morgan fingerprint density at radius 3 is 2.59 bits per heavy atom. The van der Waals surface area contributed by atoms with E-state index in [1.807, 2.05) is 13.2 Å². The normalized spacial score (nSPS) is 10.5. The van der Waals surface area contributed by atoms with Crippen LogP contribution >= 0.6 is 0 Å². The Bertz CT molecular complexity index is 814. The molecule has 0 radical (unpaired) electrons. The number of nitrogens with one attached hydrogen (secondary N) is 1. The van der Waals surface area contributed by atoms with E-state index in [1.165, 1.54) is 11.9 Å². The first-order valence-corrected chi connectivity index (χ1v) is 6.99. The molecule has 0 aliphatic rings. The number of nitrogens with two attached hydrogens (primary N) is 1. The van der Waals surface area contributed by atoms with Crippen molar-refractivity contribution in [2.24, 2.45) is 0 Å². The Labute approximate surface area is 129 Å². The largest absolute Gasteiger partial charge is 0.388 e. The molecule has 110 valence electrons. The van der Waals surface area contributed by atoms with Gasteiger partial charge in [0.15, 0.2) is 0 Å². The van der Waals surface area contributed by atoms with Gasteiger partial charge in [0, 0.05) is 42.3 Å². The lowest BCUT2D eigenvalue weighted by atomic mass is 9.99. The van der Waals surface area contributed by atoms with E-state index in [9.17, 15) is 0 Å². The second-order valence-corrected chi connectivity index (χ2v) is 5.07. The zero-order chi connectivity index (χ0) is 15.5. The molecule has 2 heterocycles. The van der Waals surface area contributed by atoms with E-state index in [1.54, 1.807) is 12.3 Å². The van der Waals surface area contributed by atoms with E-state index in [2.05, 4.69) is 51.5 Å². The van der Waals surface area contributed by atoms with Gasteiger partial charge in [-0.25, -0.2) is 9.97 Å². The van der Waals surface area contributed by atoms with Gasteiger partial charge >= 0.3 is 0 Å². The lowest BCUT2D eigenvalue weighted by Gasteiger charge is -2.10. The quantitative estimate of drug-likeness (QED) is 0.775. The number of rotatable bonds is 3. The fraction of sp³-hybridized carbons (Fsp3) is 0.118. The smallest absolute Gasteiger partial charge is 0.127 e. The predicted octanol–water partition coefficient (Wildman–Crippen LogP) is 3.14. The molecule has 3 aromatic rings. The van der Waals surface area contributed by atoms with E-state index in [0.717, 1.165) is 28.1 Å². The van der Waals surface area contributed by atoms with Crippen LogP contribution in [0.4, 0.5) is 11.5 Å². The predicted molar refractivity (Wildman–Crippen MR) is 89.4 cm³/mol. The molecule has 0 atom stereocenters. The first-order valence-electron chi connectivity index (χ1n) is 6.99. The standard InChI is InChI=1S/C17H17N5/c1-11-3-4-14(19-2)6-15(11)12-5-13(9-20-8-12)16-7-17(18)22-10-21-16/h3-10,19H,1-2H3,(H2,18,21,22). The summed E-state index contributed by atoms with van der Waals surface area (Å²) in [6.07, 6.45) is 5.10. The number of aryl methyl sites for hydroxylation is 1. The van der Waals surface area contributed by atoms with Crippen molar-refractivity contribution >= 4 is 11.5 Å². The summed E-state index contributed by atoms with van der Waals surface area (Å²) in [5.74, 6) is 0.448. The van der Waals surface area contributed by atoms with Gasteiger partial charge in [0.2, 0.25) is 0 Å². The second-order valence-electron chi connectivity index (χ2n) is 5.07. The summed E-state index contributed by atoms with van der Waals surface area (Å²) in [5.41, 5.74) is 11.9. The fourth-order valence-corrected chi connectivity index (χ4v) is 2.35. The molecular formula is C17H17N5. The first-order chi connectivity index (χ1) is 10.7. The summed E-state index contributed by atoms with van der Waals surface area (Å²) in [7, 11) is 1.91. The summed E-state index contributed by atoms with van der Waals surface area (Å²) in [4.78, 5) is 12.5. The topological polar surface area (TPSA) is 76.7 Å². The third kappa shape index (κ3) is 2.74. The Morgan fingerprint density at radius 1 is 1.00 bits per heavy atom.